The van der Waals surface area contributed by atoms with Gasteiger partial charge in [0.1, 0.15) is 0 Å². The molecule has 1 heterocycles. The maximum atomic E-state index is 13.1. The number of likely N-dealkylation sites (N-methyl/N-ethyl adjacent to an activating group) is 1. The second-order valence-corrected chi connectivity index (χ2v) is 12.0. The van der Waals surface area contributed by atoms with Gasteiger partial charge in [0, 0.05) is 19.6 Å². The lowest BCUT2D eigenvalue weighted by molar-refractivity contribution is -0.0621. The Morgan fingerprint density at radius 1 is 1.03 bits per heavy atom. The van der Waals surface area contributed by atoms with Gasteiger partial charge in [-0.05, 0) is 87.6 Å². The molecular weight excluding hydrogens is 396 g/mol. The van der Waals surface area contributed by atoms with Gasteiger partial charge in [-0.1, -0.05) is 32.9 Å². The van der Waals surface area contributed by atoms with Crippen LogP contribution in [0.3, 0.4) is 0 Å². The van der Waals surface area contributed by atoms with E-state index in [-0.39, 0.29) is 5.41 Å². The molecule has 0 radical (unpaired) electrons. The van der Waals surface area contributed by atoms with Crippen LogP contribution in [0.5, 0.6) is 0 Å². The fraction of sp³-hybridized carbons (Fsp3) is 0.750. The van der Waals surface area contributed by atoms with E-state index in [9.17, 15) is 13.5 Å². The molecule has 2 fully saturated rings. The van der Waals surface area contributed by atoms with Gasteiger partial charge in [-0.2, -0.15) is 4.31 Å². The summed E-state index contributed by atoms with van der Waals surface area (Å²) in [5, 5.41) is 11.0. The molecule has 1 spiro atoms. The Hall–Kier alpha value is -0.950. The zero-order valence-corrected chi connectivity index (χ0v) is 20.0. The minimum atomic E-state index is -3.43. The molecule has 0 aromatic heterocycles. The molecule has 0 atom stereocenters. The van der Waals surface area contributed by atoms with Crippen molar-refractivity contribution in [1.29, 1.82) is 0 Å². The summed E-state index contributed by atoms with van der Waals surface area (Å²) >= 11 is 0. The smallest absolute Gasteiger partial charge is 0.243 e. The molecule has 1 aliphatic carbocycles. The molecule has 30 heavy (non-hydrogen) atoms. The number of piperidine rings is 1. The van der Waals surface area contributed by atoms with Gasteiger partial charge in [0.15, 0.2) is 0 Å². The van der Waals surface area contributed by atoms with Crippen molar-refractivity contribution in [3.8, 4) is 0 Å². The molecule has 1 aromatic carbocycles. The van der Waals surface area contributed by atoms with Gasteiger partial charge in [0.2, 0.25) is 10.0 Å². The van der Waals surface area contributed by atoms with Gasteiger partial charge in [0.25, 0.3) is 0 Å². The Kier molecular flexibility index (Phi) is 7.33. The molecule has 6 heteroatoms. The zero-order valence-electron chi connectivity index (χ0n) is 19.2. The van der Waals surface area contributed by atoms with Crippen LogP contribution in [-0.4, -0.2) is 61.6 Å². The molecule has 5 nitrogen and oxygen atoms in total. The first kappa shape index (κ1) is 23.7. The molecule has 1 saturated carbocycles. The summed E-state index contributed by atoms with van der Waals surface area (Å²) < 4.78 is 27.9. The van der Waals surface area contributed by atoms with Gasteiger partial charge in [-0.15, -0.1) is 0 Å². The summed E-state index contributed by atoms with van der Waals surface area (Å²) in [7, 11) is -1.34. The molecule has 1 saturated heterocycles. The topological polar surface area (TPSA) is 60.9 Å². The summed E-state index contributed by atoms with van der Waals surface area (Å²) in [5.41, 5.74) is 0.769. The molecule has 1 aromatic rings. The highest BCUT2D eigenvalue weighted by Crippen LogP contribution is 2.48. The zero-order chi connectivity index (χ0) is 22.0. The number of rotatable bonds is 7. The number of benzene rings is 1. The lowest BCUT2D eigenvalue weighted by Crippen LogP contribution is -2.50. The number of aliphatic hydroxyl groups is 1. The van der Waals surface area contributed by atoms with Crippen molar-refractivity contribution in [1.82, 2.24) is 9.21 Å². The fourth-order valence-corrected chi connectivity index (χ4v) is 6.68. The van der Waals surface area contributed by atoms with Gasteiger partial charge in [-0.3, -0.25) is 0 Å². The van der Waals surface area contributed by atoms with Gasteiger partial charge >= 0.3 is 0 Å². The number of nitrogens with zero attached hydrogens (tertiary/aromatic N) is 2. The molecule has 2 aliphatic rings. The number of sulfonamides is 1. The summed E-state index contributed by atoms with van der Waals surface area (Å²) in [4.78, 5) is 2.64. The predicted octanol–water partition coefficient (Wildman–Crippen LogP) is 4.23. The Labute approximate surface area is 183 Å². The van der Waals surface area contributed by atoms with Crippen molar-refractivity contribution in [2.24, 2.45) is 5.41 Å². The van der Waals surface area contributed by atoms with Crippen molar-refractivity contribution < 1.29 is 13.5 Å². The highest BCUT2D eigenvalue weighted by Gasteiger charge is 2.45. The van der Waals surface area contributed by atoms with E-state index < -0.39 is 15.6 Å². The molecule has 170 valence electrons. The van der Waals surface area contributed by atoms with Gasteiger partial charge in [-0.25, -0.2) is 8.42 Å². The van der Waals surface area contributed by atoms with E-state index in [2.05, 4.69) is 32.7 Å². The summed E-state index contributed by atoms with van der Waals surface area (Å²) in [6.45, 7) is 9.31. The first-order valence-electron chi connectivity index (χ1n) is 11.6. The maximum absolute atomic E-state index is 13.1. The highest BCUT2D eigenvalue weighted by atomic mass is 32.2. The van der Waals surface area contributed by atoms with Crippen LogP contribution in [-0.2, 0) is 10.0 Å². The average Bonchev–Trinajstić information content (AvgIpc) is 2.71. The third-order valence-corrected chi connectivity index (χ3v) is 9.29. The van der Waals surface area contributed by atoms with E-state index in [4.69, 9.17) is 0 Å². The van der Waals surface area contributed by atoms with Crippen LogP contribution in [0, 0.1) is 5.41 Å². The molecule has 0 amide bonds. The monoisotopic (exact) mass is 436 g/mol. The molecule has 0 bridgehead atoms. The number of hydrogen-bond donors (Lipinski definition) is 1. The first-order valence-corrected chi connectivity index (χ1v) is 13.0. The van der Waals surface area contributed by atoms with Crippen LogP contribution < -0.4 is 0 Å². The fourth-order valence-electron chi connectivity index (χ4n) is 5.24. The van der Waals surface area contributed by atoms with E-state index in [0.717, 1.165) is 63.6 Å². The first-order chi connectivity index (χ1) is 14.1. The van der Waals surface area contributed by atoms with E-state index >= 15 is 0 Å². The molecule has 3 rings (SSSR count). The lowest BCUT2D eigenvalue weighted by atomic mass is 9.64. The van der Waals surface area contributed by atoms with E-state index in [1.165, 1.54) is 0 Å². The Morgan fingerprint density at radius 2 is 1.60 bits per heavy atom. The standard InChI is InChI=1S/C24H40N2O3S/c1-5-16-25(4)19-24(27)12-10-23(11-13-24)14-17-26(18-15-23)30(28,29)22-8-6-21(7-9-22)20(2)3/h6-9,20,27H,5,10-19H2,1-4H3. The molecule has 1 N–H and O–H groups in total. The van der Waals surface area contributed by atoms with Crippen LogP contribution in [0.4, 0.5) is 0 Å². The van der Waals surface area contributed by atoms with Crippen molar-refractivity contribution in [3.05, 3.63) is 29.8 Å². The van der Waals surface area contributed by atoms with Crippen LogP contribution >= 0.6 is 0 Å². The highest BCUT2D eigenvalue weighted by molar-refractivity contribution is 7.89. The third-order valence-electron chi connectivity index (χ3n) is 7.38. The van der Waals surface area contributed by atoms with Crippen LogP contribution in [0.1, 0.15) is 77.2 Å². The maximum Gasteiger partial charge on any atom is 0.243 e. The summed E-state index contributed by atoms with van der Waals surface area (Å²) in [5.74, 6) is 0.392. The Bertz CT molecular complexity index is 786. The molecule has 1 aliphatic heterocycles. The summed E-state index contributed by atoms with van der Waals surface area (Å²) in [6, 6.07) is 7.37. The van der Waals surface area contributed by atoms with Crippen LogP contribution in [0.25, 0.3) is 0 Å². The van der Waals surface area contributed by atoms with Crippen molar-refractivity contribution in [3.63, 3.8) is 0 Å². The third kappa shape index (κ3) is 5.26. The van der Waals surface area contributed by atoms with Crippen LogP contribution in [0.2, 0.25) is 0 Å². The largest absolute Gasteiger partial charge is 0.389 e. The summed E-state index contributed by atoms with van der Waals surface area (Å²) in [6.07, 6.45) is 6.55. The number of hydrogen-bond acceptors (Lipinski definition) is 4. The minimum absolute atomic E-state index is 0.197. The van der Waals surface area contributed by atoms with Crippen molar-refractivity contribution >= 4 is 10.0 Å². The molecular formula is C24H40N2O3S. The average molecular weight is 437 g/mol. The Morgan fingerprint density at radius 3 is 2.10 bits per heavy atom. The minimum Gasteiger partial charge on any atom is -0.389 e. The van der Waals surface area contributed by atoms with Gasteiger partial charge < -0.3 is 10.0 Å². The van der Waals surface area contributed by atoms with Crippen molar-refractivity contribution in [2.75, 3.05) is 33.2 Å². The quantitative estimate of drug-likeness (QED) is 0.695. The normalized spacial score (nSPS) is 22.1. The second-order valence-electron chi connectivity index (χ2n) is 10.1. The second kappa shape index (κ2) is 9.27. The van der Waals surface area contributed by atoms with Gasteiger partial charge in [0.05, 0.1) is 10.5 Å². The van der Waals surface area contributed by atoms with E-state index in [0.29, 0.717) is 23.9 Å². The van der Waals surface area contributed by atoms with E-state index in [1.54, 1.807) is 16.4 Å². The SMILES string of the molecule is CCCN(C)CC1(O)CCC2(CCN(S(=O)(=O)c3ccc(C(C)C)cc3)CC2)CC1. The molecule has 0 unspecified atom stereocenters. The van der Waals surface area contributed by atoms with E-state index in [1.807, 2.05) is 12.1 Å². The Balaban J connectivity index is 1.58. The predicted molar refractivity (Wildman–Crippen MR) is 122 cm³/mol. The lowest BCUT2D eigenvalue weighted by Gasteiger charge is -2.48. The van der Waals surface area contributed by atoms with Crippen molar-refractivity contribution in [2.45, 2.75) is 82.1 Å². The van der Waals surface area contributed by atoms with Crippen LogP contribution in [0.15, 0.2) is 29.2 Å².